The molecule has 10 nitrogen and oxygen atoms in total. The Morgan fingerprint density at radius 2 is 0.750 bits per heavy atom. The molecule has 0 fully saturated rings. The maximum Gasteiger partial charge on any atom is 0.256 e. The van der Waals surface area contributed by atoms with E-state index < -0.39 is 52.7 Å². The zero-order chi connectivity index (χ0) is 35.5. The highest BCUT2D eigenvalue weighted by atomic mass is 79.9. The quantitative estimate of drug-likeness (QED) is 0.143. The Labute approximate surface area is 292 Å². The van der Waals surface area contributed by atoms with Crippen molar-refractivity contribution in [2.75, 3.05) is 11.9 Å². The van der Waals surface area contributed by atoms with Crippen LogP contribution >= 0.6 is 15.9 Å². The van der Waals surface area contributed by atoms with E-state index in [9.17, 15) is 33.7 Å². The van der Waals surface area contributed by atoms with Gasteiger partial charge in [0.1, 0.15) is 0 Å². The fraction of sp³-hybridized carbons (Fsp3) is 0.273. The van der Waals surface area contributed by atoms with Crippen molar-refractivity contribution in [2.24, 2.45) is 0 Å². The Balaban J connectivity index is 2.01. The average Bonchev–Trinajstić information content (AvgIpc) is 3.02. The number of aryl methyl sites for hydroxylation is 4. The molecule has 1 atom stereocenters. The molecule has 0 aliphatic carbocycles. The molecule has 1 unspecified atom stereocenters. The summed E-state index contributed by atoms with van der Waals surface area (Å²) in [5.41, 5.74) is 2.88. The summed E-state index contributed by atoms with van der Waals surface area (Å²) < 4.78 is 115. The Hall–Kier alpha value is -2.92. The third kappa shape index (κ3) is 8.09. The fourth-order valence-corrected chi connectivity index (χ4v) is 13.0. The van der Waals surface area contributed by atoms with Crippen molar-refractivity contribution in [3.63, 3.8) is 0 Å². The minimum absolute atomic E-state index is 0.178. The number of benzene rings is 4. The smallest absolute Gasteiger partial charge is 0.206 e. The molecule has 15 heteroatoms. The first kappa shape index (κ1) is 37.9. The molecule has 0 bridgehead atoms. The van der Waals surface area contributed by atoms with E-state index in [1.807, 2.05) is 0 Å². The van der Waals surface area contributed by atoms with Gasteiger partial charge in [0, 0.05) is 11.9 Å². The highest BCUT2D eigenvalue weighted by Gasteiger charge is 2.46. The van der Waals surface area contributed by atoms with Crippen LogP contribution in [0.3, 0.4) is 0 Å². The molecule has 0 N–H and O–H groups in total. The molecular formula is C33H37BrN2O8S4. The Morgan fingerprint density at radius 1 is 0.479 bits per heavy atom. The van der Waals surface area contributed by atoms with Crippen LogP contribution in [0.1, 0.15) is 35.1 Å². The maximum atomic E-state index is 14.4. The van der Waals surface area contributed by atoms with E-state index in [0.717, 1.165) is 22.3 Å². The van der Waals surface area contributed by atoms with Gasteiger partial charge >= 0.3 is 0 Å². The standard InChI is InChI=1S/C33H37BrN2O8S4/c1-25-7-15-30(16-8-25)45(37,38)35(46(39,40)31-17-9-26(2)10-18-31)24-29(6-5-23-34)36(47(41,42)32-19-11-27(3)12-20-32)48(43,44)33-21-13-28(4)14-22-33/h7-22,29H,5-6,23-24H2,1-4H3. The van der Waals surface area contributed by atoms with Crippen molar-refractivity contribution in [1.29, 1.82) is 0 Å². The van der Waals surface area contributed by atoms with E-state index in [1.54, 1.807) is 27.7 Å². The number of hydrogen-bond acceptors (Lipinski definition) is 8. The summed E-state index contributed by atoms with van der Waals surface area (Å²) in [6.07, 6.45) is -0.0399. The minimum atomic E-state index is -4.93. The van der Waals surface area contributed by atoms with Crippen LogP contribution in [0.15, 0.2) is 117 Å². The monoisotopic (exact) mass is 796 g/mol. The first-order valence-electron chi connectivity index (χ1n) is 14.8. The molecule has 0 radical (unpaired) electrons. The molecule has 0 aliphatic rings. The lowest BCUT2D eigenvalue weighted by atomic mass is 10.2. The first-order valence-corrected chi connectivity index (χ1v) is 21.7. The molecule has 48 heavy (non-hydrogen) atoms. The largest absolute Gasteiger partial charge is 0.256 e. The molecule has 258 valence electrons. The Kier molecular flexibility index (Phi) is 11.8. The van der Waals surface area contributed by atoms with Crippen LogP contribution < -0.4 is 0 Å². The number of alkyl halides is 1. The molecule has 0 aromatic heterocycles. The summed E-state index contributed by atoms with van der Waals surface area (Å²) in [6.45, 7) is 5.91. The lowest BCUT2D eigenvalue weighted by Gasteiger charge is -2.33. The van der Waals surface area contributed by atoms with Crippen LogP contribution in [0.2, 0.25) is 0 Å². The van der Waals surface area contributed by atoms with Crippen LogP contribution in [0.5, 0.6) is 0 Å². The highest BCUT2D eigenvalue weighted by Crippen LogP contribution is 2.33. The second-order valence-corrected chi connectivity index (χ2v) is 20.0. The third-order valence-corrected chi connectivity index (χ3v) is 16.9. The topological polar surface area (TPSA) is 143 Å². The molecule has 0 heterocycles. The molecule has 0 aliphatic heterocycles. The zero-order valence-corrected chi connectivity index (χ0v) is 31.7. The Bertz CT molecular complexity index is 2020. The predicted molar refractivity (Wildman–Crippen MR) is 189 cm³/mol. The summed E-state index contributed by atoms with van der Waals surface area (Å²) in [7, 11) is -19.7. The van der Waals surface area contributed by atoms with Gasteiger partial charge in [0.25, 0.3) is 40.1 Å². The van der Waals surface area contributed by atoms with Crippen molar-refractivity contribution < 1.29 is 33.7 Å². The average molecular weight is 798 g/mol. The van der Waals surface area contributed by atoms with E-state index in [1.165, 1.54) is 97.1 Å². The molecule has 0 saturated carbocycles. The second kappa shape index (κ2) is 14.9. The van der Waals surface area contributed by atoms with E-state index in [2.05, 4.69) is 15.9 Å². The van der Waals surface area contributed by atoms with Gasteiger partial charge in [-0.15, -0.1) is 0 Å². The van der Waals surface area contributed by atoms with Crippen molar-refractivity contribution in [3.8, 4) is 0 Å². The first-order chi connectivity index (χ1) is 22.4. The van der Waals surface area contributed by atoms with Crippen molar-refractivity contribution >= 4 is 56.0 Å². The highest BCUT2D eigenvalue weighted by molar-refractivity contribution is 9.09. The molecular weight excluding hydrogens is 761 g/mol. The summed E-state index contributed by atoms with van der Waals surface area (Å²) in [6, 6.07) is 20.4. The van der Waals surface area contributed by atoms with Gasteiger partial charge in [0.05, 0.1) is 25.6 Å². The number of sulfonamides is 4. The summed E-state index contributed by atoms with van der Waals surface area (Å²) >= 11 is 3.30. The summed E-state index contributed by atoms with van der Waals surface area (Å²) in [5.74, 6) is 0. The molecule has 0 amide bonds. The molecule has 0 spiro atoms. The number of nitrogens with zero attached hydrogens (tertiary/aromatic N) is 2. The number of rotatable bonds is 14. The number of hydrogen-bond donors (Lipinski definition) is 0. The van der Waals surface area contributed by atoms with Crippen LogP contribution in [-0.2, 0) is 40.1 Å². The normalized spacial score (nSPS) is 13.6. The van der Waals surface area contributed by atoms with Gasteiger partial charge in [-0.3, -0.25) is 0 Å². The van der Waals surface area contributed by atoms with Gasteiger partial charge in [-0.05, 0) is 89.1 Å². The summed E-state index contributed by atoms with van der Waals surface area (Å²) in [4.78, 5) is -1.45. The van der Waals surface area contributed by atoms with Gasteiger partial charge in [-0.2, -0.15) is 0 Å². The second-order valence-electron chi connectivity index (χ2n) is 11.4. The van der Waals surface area contributed by atoms with Gasteiger partial charge < -0.3 is 0 Å². The lowest BCUT2D eigenvalue weighted by molar-refractivity contribution is 0.359. The van der Waals surface area contributed by atoms with Gasteiger partial charge in [0.2, 0.25) is 0 Å². The van der Waals surface area contributed by atoms with Crippen LogP contribution in [-0.4, -0.2) is 59.0 Å². The van der Waals surface area contributed by atoms with E-state index in [-0.39, 0.29) is 39.8 Å². The summed E-state index contributed by atoms with van der Waals surface area (Å²) in [5, 5.41) is 0.294. The molecule has 4 rings (SSSR count). The van der Waals surface area contributed by atoms with Gasteiger partial charge in [0.15, 0.2) is 0 Å². The molecule has 4 aromatic carbocycles. The van der Waals surface area contributed by atoms with Gasteiger partial charge in [-0.1, -0.05) is 94.1 Å². The van der Waals surface area contributed by atoms with E-state index in [4.69, 9.17) is 0 Å². The predicted octanol–water partition coefficient (Wildman–Crippen LogP) is 5.92. The maximum absolute atomic E-state index is 14.4. The zero-order valence-electron chi connectivity index (χ0n) is 26.8. The van der Waals surface area contributed by atoms with E-state index in [0.29, 0.717) is 5.33 Å². The van der Waals surface area contributed by atoms with Crippen molar-refractivity contribution in [3.05, 3.63) is 119 Å². The van der Waals surface area contributed by atoms with Crippen LogP contribution in [0.25, 0.3) is 0 Å². The Morgan fingerprint density at radius 3 is 1.02 bits per heavy atom. The molecule has 4 aromatic rings. The minimum Gasteiger partial charge on any atom is -0.206 e. The van der Waals surface area contributed by atoms with Crippen molar-refractivity contribution in [1.82, 2.24) is 7.42 Å². The molecule has 0 saturated heterocycles. The van der Waals surface area contributed by atoms with Crippen LogP contribution in [0, 0.1) is 27.7 Å². The van der Waals surface area contributed by atoms with E-state index >= 15 is 0 Å². The van der Waals surface area contributed by atoms with Crippen molar-refractivity contribution in [2.45, 2.75) is 66.2 Å². The van der Waals surface area contributed by atoms with Gasteiger partial charge in [-0.25, -0.2) is 33.7 Å². The van der Waals surface area contributed by atoms with Crippen LogP contribution in [0.4, 0.5) is 0 Å². The SMILES string of the molecule is Cc1ccc(S(=O)(=O)N(CC(CCCBr)N(S(=O)(=O)c2ccc(C)cc2)S(=O)(=O)c2ccc(C)cc2)S(=O)(=O)c2ccc(C)cc2)cc1. The number of halogens is 1. The third-order valence-electron chi connectivity index (χ3n) is 7.61. The lowest BCUT2D eigenvalue weighted by Crippen LogP contribution is -2.52. The fourth-order valence-electron chi connectivity index (χ4n) is 4.88.